The number of nitrogens with two attached hydrogens (primary N) is 1. The van der Waals surface area contributed by atoms with Gasteiger partial charge in [-0.05, 0) is 49.9 Å². The lowest BCUT2D eigenvalue weighted by atomic mass is 10.1. The van der Waals surface area contributed by atoms with Gasteiger partial charge in [0.25, 0.3) is 0 Å². The Hall–Kier alpha value is -0.950. The van der Waals surface area contributed by atoms with E-state index in [4.69, 9.17) is 10.5 Å². The molecule has 0 radical (unpaired) electrons. The number of hydrogen-bond acceptors (Lipinski definition) is 4. The fraction of sp³-hybridized carbons (Fsp3) is 0.571. The molecule has 3 N–H and O–H groups in total. The zero-order chi connectivity index (χ0) is 14.9. The molecule has 0 bridgehead atoms. The molecule has 1 fully saturated rings. The Balaban J connectivity index is 2.34. The Morgan fingerprint density at radius 2 is 2.05 bits per heavy atom. The van der Waals surface area contributed by atoms with Crippen LogP contribution in [0.15, 0.2) is 17.0 Å². The van der Waals surface area contributed by atoms with Gasteiger partial charge < -0.3 is 10.5 Å². The number of sulfonamides is 1. The smallest absolute Gasteiger partial charge is 0.241 e. The van der Waals surface area contributed by atoms with Gasteiger partial charge in [0.1, 0.15) is 0 Å². The zero-order valence-corrected chi connectivity index (χ0v) is 13.0. The van der Waals surface area contributed by atoms with Crippen molar-refractivity contribution in [2.75, 3.05) is 6.61 Å². The molecule has 20 heavy (non-hydrogen) atoms. The van der Waals surface area contributed by atoms with E-state index in [1.807, 2.05) is 19.9 Å². The molecule has 2 unspecified atom stereocenters. The molecule has 1 aromatic carbocycles. The van der Waals surface area contributed by atoms with Gasteiger partial charge in [-0.15, -0.1) is 0 Å². The predicted molar refractivity (Wildman–Crippen MR) is 77.9 cm³/mol. The third-order valence-corrected chi connectivity index (χ3v) is 5.46. The van der Waals surface area contributed by atoms with Crippen LogP contribution in [-0.4, -0.2) is 27.2 Å². The third kappa shape index (κ3) is 3.03. The third-order valence-electron chi connectivity index (χ3n) is 3.83. The first kappa shape index (κ1) is 15.4. The molecule has 6 heteroatoms. The molecule has 1 aliphatic heterocycles. The maximum Gasteiger partial charge on any atom is 0.241 e. The van der Waals surface area contributed by atoms with Crippen molar-refractivity contribution in [2.24, 2.45) is 5.73 Å². The van der Waals surface area contributed by atoms with Crippen LogP contribution in [0.5, 0.6) is 0 Å². The second-order valence-electron chi connectivity index (χ2n) is 5.34. The largest absolute Gasteiger partial charge is 0.377 e. The van der Waals surface area contributed by atoms with Gasteiger partial charge >= 0.3 is 0 Å². The van der Waals surface area contributed by atoms with Crippen LogP contribution in [0.2, 0.25) is 0 Å². The summed E-state index contributed by atoms with van der Waals surface area (Å²) in [5, 5.41) is 0. The van der Waals surface area contributed by atoms with Crippen LogP contribution in [0.25, 0.3) is 0 Å². The molecule has 5 nitrogen and oxygen atoms in total. The van der Waals surface area contributed by atoms with E-state index < -0.39 is 10.0 Å². The minimum atomic E-state index is -3.54. The maximum atomic E-state index is 12.5. The highest BCUT2D eigenvalue weighted by Crippen LogP contribution is 2.22. The van der Waals surface area contributed by atoms with Crippen LogP contribution in [0, 0.1) is 13.8 Å². The lowest BCUT2D eigenvalue weighted by molar-refractivity contribution is 0.117. The van der Waals surface area contributed by atoms with Crippen molar-refractivity contribution in [1.82, 2.24) is 4.72 Å². The first-order valence-electron chi connectivity index (χ1n) is 6.79. The van der Waals surface area contributed by atoms with Crippen molar-refractivity contribution < 1.29 is 13.2 Å². The molecular formula is C14H22N2O3S. The van der Waals surface area contributed by atoms with Crippen molar-refractivity contribution in [1.29, 1.82) is 0 Å². The molecule has 0 amide bonds. The predicted octanol–water partition coefficient (Wildman–Crippen LogP) is 1.22. The average Bonchev–Trinajstić information content (AvgIpc) is 2.74. The van der Waals surface area contributed by atoms with Crippen LogP contribution in [0.1, 0.15) is 30.0 Å². The van der Waals surface area contributed by atoms with Gasteiger partial charge in [-0.3, -0.25) is 0 Å². The Morgan fingerprint density at radius 3 is 2.60 bits per heavy atom. The standard InChI is InChI=1S/C14H22N2O3S/c1-9-6-10(2)14(7-12(9)8-15)20(17,18)16-13-4-5-19-11(13)3/h6-7,11,13,16H,4-5,8,15H2,1-3H3. The normalized spacial score (nSPS) is 23.2. The van der Waals surface area contributed by atoms with Gasteiger partial charge in [0, 0.05) is 13.2 Å². The maximum absolute atomic E-state index is 12.5. The molecule has 1 aromatic rings. The van der Waals surface area contributed by atoms with Crippen LogP contribution < -0.4 is 10.5 Å². The monoisotopic (exact) mass is 298 g/mol. The summed E-state index contributed by atoms with van der Waals surface area (Å²) in [6.07, 6.45) is 0.610. The number of hydrogen-bond donors (Lipinski definition) is 2. The number of ether oxygens (including phenoxy) is 1. The van der Waals surface area contributed by atoms with Gasteiger partial charge in [0.15, 0.2) is 0 Å². The second kappa shape index (κ2) is 5.81. The number of rotatable bonds is 4. The highest BCUT2D eigenvalue weighted by atomic mass is 32.2. The molecular weight excluding hydrogens is 276 g/mol. The van der Waals surface area contributed by atoms with E-state index in [-0.39, 0.29) is 12.1 Å². The van der Waals surface area contributed by atoms with Crippen molar-refractivity contribution in [3.8, 4) is 0 Å². The Labute approximate surface area is 120 Å². The quantitative estimate of drug-likeness (QED) is 0.875. The Bertz CT molecular complexity index is 599. The van der Waals surface area contributed by atoms with Crippen LogP contribution >= 0.6 is 0 Å². The van der Waals surface area contributed by atoms with Crippen molar-refractivity contribution in [3.63, 3.8) is 0 Å². The topological polar surface area (TPSA) is 81.4 Å². The van der Waals surface area contributed by atoms with E-state index in [9.17, 15) is 8.42 Å². The second-order valence-corrected chi connectivity index (χ2v) is 7.02. The van der Waals surface area contributed by atoms with E-state index in [0.717, 1.165) is 16.7 Å². The van der Waals surface area contributed by atoms with E-state index in [0.29, 0.717) is 24.5 Å². The van der Waals surface area contributed by atoms with E-state index in [1.54, 1.807) is 13.0 Å². The van der Waals surface area contributed by atoms with Gasteiger partial charge in [-0.2, -0.15) is 0 Å². The molecule has 0 aromatic heterocycles. The molecule has 2 rings (SSSR count). The van der Waals surface area contributed by atoms with Crippen molar-refractivity contribution >= 4 is 10.0 Å². The number of aryl methyl sites for hydroxylation is 2. The SMILES string of the molecule is Cc1cc(C)c(S(=O)(=O)NC2CCOC2C)cc1CN. The molecule has 1 aliphatic rings. The fourth-order valence-electron chi connectivity index (χ4n) is 2.53. The molecule has 1 heterocycles. The first-order valence-corrected chi connectivity index (χ1v) is 8.27. The van der Waals surface area contributed by atoms with Crippen LogP contribution in [-0.2, 0) is 21.3 Å². The van der Waals surface area contributed by atoms with Gasteiger partial charge in [-0.25, -0.2) is 13.1 Å². The highest BCUT2D eigenvalue weighted by molar-refractivity contribution is 7.89. The molecule has 0 aliphatic carbocycles. The van der Waals surface area contributed by atoms with Crippen molar-refractivity contribution in [3.05, 3.63) is 28.8 Å². The molecule has 1 saturated heterocycles. The highest BCUT2D eigenvalue weighted by Gasteiger charge is 2.30. The average molecular weight is 298 g/mol. The van der Waals surface area contributed by atoms with Crippen LogP contribution in [0.3, 0.4) is 0 Å². The Kier molecular flexibility index (Phi) is 4.49. The molecule has 112 valence electrons. The van der Waals surface area contributed by atoms with Gasteiger partial charge in [0.05, 0.1) is 17.0 Å². The molecule has 0 saturated carbocycles. The zero-order valence-electron chi connectivity index (χ0n) is 12.1. The minimum absolute atomic E-state index is 0.0930. The van der Waals surface area contributed by atoms with E-state index >= 15 is 0 Å². The Morgan fingerprint density at radius 1 is 1.35 bits per heavy atom. The lowest BCUT2D eigenvalue weighted by Crippen LogP contribution is -2.39. The summed E-state index contributed by atoms with van der Waals surface area (Å²) in [6, 6.07) is 3.38. The minimum Gasteiger partial charge on any atom is -0.377 e. The van der Waals surface area contributed by atoms with E-state index in [2.05, 4.69) is 4.72 Å². The fourth-order valence-corrected chi connectivity index (χ4v) is 4.15. The number of nitrogens with one attached hydrogen (secondary N) is 1. The summed E-state index contributed by atoms with van der Waals surface area (Å²) in [7, 11) is -3.54. The van der Waals surface area contributed by atoms with Crippen molar-refractivity contribution in [2.45, 2.75) is 50.8 Å². The lowest BCUT2D eigenvalue weighted by Gasteiger charge is -2.18. The summed E-state index contributed by atoms with van der Waals surface area (Å²) in [5.41, 5.74) is 8.27. The first-order chi connectivity index (χ1) is 9.35. The summed E-state index contributed by atoms with van der Waals surface area (Å²) in [4.78, 5) is 0.308. The molecule has 2 atom stereocenters. The van der Waals surface area contributed by atoms with E-state index in [1.165, 1.54) is 0 Å². The van der Waals surface area contributed by atoms with Crippen LogP contribution in [0.4, 0.5) is 0 Å². The van der Waals surface area contributed by atoms with Gasteiger partial charge in [0.2, 0.25) is 10.0 Å². The molecule has 0 spiro atoms. The van der Waals surface area contributed by atoms with Gasteiger partial charge in [-0.1, -0.05) is 6.07 Å². The summed E-state index contributed by atoms with van der Waals surface area (Å²) in [6.45, 7) is 6.54. The summed E-state index contributed by atoms with van der Waals surface area (Å²) < 4.78 is 33.2. The summed E-state index contributed by atoms with van der Waals surface area (Å²) in [5.74, 6) is 0. The summed E-state index contributed by atoms with van der Waals surface area (Å²) >= 11 is 0. The number of benzene rings is 1.